The van der Waals surface area contributed by atoms with Crippen LogP contribution in [-0.4, -0.2) is 52.1 Å². The fraction of sp³-hybridized carbons (Fsp3) is 0.522. The number of thioether (sulfide) groups is 1. The third-order valence-corrected chi connectivity index (χ3v) is 7.62. The number of phosphoric acid groups is 1. The highest BCUT2D eigenvalue weighted by Gasteiger charge is 2.56. The van der Waals surface area contributed by atoms with Crippen molar-refractivity contribution < 1.29 is 32.5 Å². The minimum absolute atomic E-state index is 0.0756. The summed E-state index contributed by atoms with van der Waals surface area (Å²) in [7, 11) is -3.99. The summed E-state index contributed by atoms with van der Waals surface area (Å²) in [4.78, 5) is 32.1. The molecule has 0 aromatic heterocycles. The Morgan fingerprint density at radius 1 is 1.15 bits per heavy atom. The van der Waals surface area contributed by atoms with Gasteiger partial charge in [-0.05, 0) is 47.1 Å². The summed E-state index contributed by atoms with van der Waals surface area (Å²) in [5.74, 6) is -1.20. The Kier molecular flexibility index (Phi) is 8.29. The standard InChI is InChI=1S/C23H31N2O7PS/c1-7-29-33(28,30-8-2)32-15(3)19(22(27)31-23(4,5)6)25-20(26)18-21(25)34-17(24-18)14-16-12-10-9-11-13-16/h9-13,18,21H,7-8,14H2,1-6H3. The molecule has 2 unspecified atom stereocenters. The molecular weight excluding hydrogens is 479 g/mol. The van der Waals surface area contributed by atoms with E-state index in [-0.39, 0.29) is 30.6 Å². The van der Waals surface area contributed by atoms with E-state index in [1.165, 1.54) is 23.6 Å². The highest BCUT2D eigenvalue weighted by molar-refractivity contribution is 8.14. The summed E-state index contributed by atoms with van der Waals surface area (Å²) in [6.45, 7) is 10.0. The number of fused-ring (bicyclic) bond motifs is 1. The second-order valence-electron chi connectivity index (χ2n) is 8.63. The van der Waals surface area contributed by atoms with E-state index in [0.717, 1.165) is 10.6 Å². The van der Waals surface area contributed by atoms with Crippen molar-refractivity contribution in [1.82, 2.24) is 4.90 Å². The van der Waals surface area contributed by atoms with Gasteiger partial charge in [0.25, 0.3) is 5.91 Å². The van der Waals surface area contributed by atoms with E-state index >= 15 is 0 Å². The maximum Gasteiger partial charge on any atom is 0.529 e. The molecule has 1 fully saturated rings. The number of nitrogens with zero attached hydrogens (tertiary/aromatic N) is 2. The fourth-order valence-electron chi connectivity index (χ4n) is 3.46. The van der Waals surface area contributed by atoms with Gasteiger partial charge in [-0.1, -0.05) is 42.1 Å². The maximum absolute atomic E-state index is 13.2. The molecule has 0 spiro atoms. The van der Waals surface area contributed by atoms with Crippen molar-refractivity contribution in [2.75, 3.05) is 13.2 Å². The molecule has 2 aliphatic rings. The van der Waals surface area contributed by atoms with Crippen molar-refractivity contribution in [2.24, 2.45) is 4.99 Å². The van der Waals surface area contributed by atoms with E-state index in [4.69, 9.17) is 18.3 Å². The molecule has 0 bridgehead atoms. The van der Waals surface area contributed by atoms with Crippen molar-refractivity contribution in [1.29, 1.82) is 0 Å². The molecule has 11 heteroatoms. The van der Waals surface area contributed by atoms with Gasteiger partial charge in [-0.25, -0.2) is 9.36 Å². The number of β-lactam (4-membered cyclic amide) rings is 1. The van der Waals surface area contributed by atoms with E-state index in [2.05, 4.69) is 4.99 Å². The Morgan fingerprint density at radius 3 is 2.32 bits per heavy atom. The number of esters is 1. The number of carbonyl (C=O) groups is 2. The number of phosphoric ester groups is 1. The first-order chi connectivity index (χ1) is 16.0. The molecular formula is C23H31N2O7PS. The average molecular weight is 511 g/mol. The van der Waals surface area contributed by atoms with Crippen LogP contribution in [0.2, 0.25) is 0 Å². The monoisotopic (exact) mass is 510 g/mol. The predicted molar refractivity (Wildman–Crippen MR) is 130 cm³/mol. The molecule has 34 heavy (non-hydrogen) atoms. The number of ether oxygens (including phenoxy) is 1. The lowest BCUT2D eigenvalue weighted by Crippen LogP contribution is -2.61. The summed E-state index contributed by atoms with van der Waals surface area (Å²) in [6, 6.07) is 9.21. The van der Waals surface area contributed by atoms with Gasteiger partial charge in [-0.3, -0.25) is 23.7 Å². The topological polar surface area (TPSA) is 104 Å². The second-order valence-corrected chi connectivity index (χ2v) is 11.4. The molecule has 2 heterocycles. The zero-order valence-corrected chi connectivity index (χ0v) is 22.0. The third kappa shape index (κ3) is 6.10. The quantitative estimate of drug-likeness (QED) is 0.147. The lowest BCUT2D eigenvalue weighted by Gasteiger charge is -2.42. The molecule has 1 aromatic rings. The lowest BCUT2D eigenvalue weighted by atomic mass is 10.1. The molecule has 1 saturated heterocycles. The van der Waals surface area contributed by atoms with Crippen LogP contribution < -0.4 is 0 Å². The molecule has 9 nitrogen and oxygen atoms in total. The number of carbonyl (C=O) groups excluding carboxylic acids is 2. The van der Waals surface area contributed by atoms with Crippen LogP contribution in [0.5, 0.6) is 0 Å². The van der Waals surface area contributed by atoms with E-state index in [1.54, 1.807) is 34.6 Å². The van der Waals surface area contributed by atoms with Crippen LogP contribution in [0.4, 0.5) is 0 Å². The molecule has 1 amide bonds. The van der Waals surface area contributed by atoms with Gasteiger partial charge in [0.05, 0.1) is 18.3 Å². The van der Waals surface area contributed by atoms with Gasteiger partial charge in [0.1, 0.15) is 16.7 Å². The summed E-state index contributed by atoms with van der Waals surface area (Å²) < 4.78 is 34.4. The summed E-state index contributed by atoms with van der Waals surface area (Å²) >= 11 is 1.41. The SMILES string of the molecule is CCOP(=O)(OCC)OC(C)=C(C(=O)OC(C)(C)C)N1C(=O)C2N=C(Cc3ccccc3)SC21. The number of allylic oxidation sites excluding steroid dienone is 1. The van der Waals surface area contributed by atoms with Gasteiger partial charge in [0.2, 0.25) is 0 Å². The lowest BCUT2D eigenvalue weighted by molar-refractivity contribution is -0.158. The zero-order valence-electron chi connectivity index (χ0n) is 20.3. The highest BCUT2D eigenvalue weighted by Crippen LogP contribution is 2.52. The first-order valence-electron chi connectivity index (χ1n) is 11.1. The maximum atomic E-state index is 13.2. The Hall–Kier alpha value is -2.13. The van der Waals surface area contributed by atoms with E-state index < -0.39 is 30.8 Å². The Morgan fingerprint density at radius 2 is 1.76 bits per heavy atom. The first kappa shape index (κ1) is 26.5. The largest absolute Gasteiger partial charge is 0.529 e. The van der Waals surface area contributed by atoms with Crippen molar-refractivity contribution in [2.45, 2.75) is 65.0 Å². The van der Waals surface area contributed by atoms with E-state index in [1.807, 2.05) is 30.3 Å². The van der Waals surface area contributed by atoms with Crippen molar-refractivity contribution in [3.8, 4) is 0 Å². The number of rotatable bonds is 10. The van der Waals surface area contributed by atoms with Gasteiger partial charge in [-0.15, -0.1) is 0 Å². The fourth-order valence-corrected chi connectivity index (χ4v) is 6.02. The number of amides is 1. The minimum atomic E-state index is -3.99. The number of aliphatic imine (C=N–C) groups is 1. The van der Waals surface area contributed by atoms with Crippen LogP contribution in [0.15, 0.2) is 46.8 Å². The Balaban J connectivity index is 1.89. The molecule has 2 atom stereocenters. The Labute approximate surface area is 204 Å². The number of benzene rings is 1. The minimum Gasteiger partial charge on any atom is -0.455 e. The summed E-state index contributed by atoms with van der Waals surface area (Å²) in [6.07, 6.45) is 0.588. The third-order valence-electron chi connectivity index (χ3n) is 4.74. The zero-order chi connectivity index (χ0) is 25.1. The molecule has 3 rings (SSSR count). The number of hydrogen-bond acceptors (Lipinski definition) is 9. The van der Waals surface area contributed by atoms with Gasteiger partial charge in [0, 0.05) is 6.42 Å². The van der Waals surface area contributed by atoms with E-state index in [0.29, 0.717) is 6.42 Å². The molecule has 186 valence electrons. The average Bonchev–Trinajstić information content (AvgIpc) is 3.10. The van der Waals surface area contributed by atoms with Gasteiger partial charge in [0.15, 0.2) is 11.7 Å². The molecule has 0 saturated carbocycles. The number of likely N-dealkylation sites (tertiary alicyclic amines) is 1. The smallest absolute Gasteiger partial charge is 0.455 e. The van der Waals surface area contributed by atoms with E-state index in [9.17, 15) is 14.2 Å². The van der Waals surface area contributed by atoms with Gasteiger partial charge < -0.3 is 9.26 Å². The van der Waals surface area contributed by atoms with Crippen LogP contribution in [-0.2, 0) is 38.9 Å². The predicted octanol–water partition coefficient (Wildman–Crippen LogP) is 4.68. The molecule has 1 aromatic carbocycles. The summed E-state index contributed by atoms with van der Waals surface area (Å²) in [5, 5.41) is 0.374. The molecule has 0 N–H and O–H groups in total. The van der Waals surface area contributed by atoms with Crippen molar-refractivity contribution in [3.05, 3.63) is 47.4 Å². The molecule has 0 radical (unpaired) electrons. The van der Waals surface area contributed by atoms with Crippen LogP contribution in [0.1, 0.15) is 47.1 Å². The molecule has 2 aliphatic heterocycles. The Bertz CT molecular complexity index is 1030. The van der Waals surface area contributed by atoms with Crippen LogP contribution >= 0.6 is 19.6 Å². The second kappa shape index (κ2) is 10.6. The van der Waals surface area contributed by atoms with Crippen LogP contribution in [0, 0.1) is 0 Å². The van der Waals surface area contributed by atoms with Gasteiger partial charge >= 0.3 is 13.8 Å². The van der Waals surface area contributed by atoms with Gasteiger partial charge in [-0.2, -0.15) is 0 Å². The van der Waals surface area contributed by atoms with Crippen LogP contribution in [0.25, 0.3) is 0 Å². The highest BCUT2D eigenvalue weighted by atomic mass is 32.2. The molecule has 0 aliphatic carbocycles. The number of hydrogen-bond donors (Lipinski definition) is 0. The van der Waals surface area contributed by atoms with Crippen molar-refractivity contribution in [3.63, 3.8) is 0 Å². The van der Waals surface area contributed by atoms with Crippen molar-refractivity contribution >= 4 is 36.5 Å². The summed E-state index contributed by atoms with van der Waals surface area (Å²) in [5.41, 5.74) is 0.118. The normalized spacial score (nSPS) is 20.8. The first-order valence-corrected chi connectivity index (χ1v) is 13.4. The van der Waals surface area contributed by atoms with Crippen LogP contribution in [0.3, 0.4) is 0 Å².